The van der Waals surface area contributed by atoms with E-state index in [1.54, 1.807) is 11.3 Å². The van der Waals surface area contributed by atoms with Crippen LogP contribution in [0.2, 0.25) is 0 Å². The molecule has 0 radical (unpaired) electrons. The summed E-state index contributed by atoms with van der Waals surface area (Å²) in [6, 6.07) is 0. The third-order valence-electron chi connectivity index (χ3n) is 3.52. The van der Waals surface area contributed by atoms with Gasteiger partial charge in [0.05, 0.1) is 18.8 Å². The molecular weight excluding hydrogens is 234 g/mol. The average molecular weight is 253 g/mol. The normalized spacial score (nSPS) is 30.6. The van der Waals surface area contributed by atoms with Gasteiger partial charge in [-0.15, -0.1) is 11.3 Å². The number of hydrogen-bond acceptors (Lipinski definition) is 5. The number of aromatic nitrogens is 1. The molecule has 1 aromatic rings. The van der Waals surface area contributed by atoms with E-state index in [0.717, 1.165) is 39.3 Å². The molecule has 0 amide bonds. The minimum Gasteiger partial charge on any atom is -0.370 e. The molecule has 2 atom stereocenters. The van der Waals surface area contributed by atoms with E-state index in [2.05, 4.69) is 27.1 Å². The first-order chi connectivity index (χ1) is 8.33. The van der Waals surface area contributed by atoms with Gasteiger partial charge in [-0.05, 0) is 6.54 Å². The van der Waals surface area contributed by atoms with Crippen molar-refractivity contribution in [3.63, 3.8) is 0 Å². The maximum atomic E-state index is 6.00. The van der Waals surface area contributed by atoms with Gasteiger partial charge in [0.1, 0.15) is 5.01 Å². The van der Waals surface area contributed by atoms with Crippen LogP contribution in [0.15, 0.2) is 11.6 Å². The van der Waals surface area contributed by atoms with E-state index in [1.807, 2.05) is 6.20 Å². The zero-order valence-electron chi connectivity index (χ0n) is 10.2. The first-order valence-corrected chi connectivity index (χ1v) is 7.20. The van der Waals surface area contributed by atoms with Gasteiger partial charge in [-0.2, -0.15) is 0 Å². The van der Waals surface area contributed by atoms with E-state index >= 15 is 0 Å². The number of rotatable bonds is 3. The van der Waals surface area contributed by atoms with Gasteiger partial charge in [0, 0.05) is 37.8 Å². The second-order valence-electron chi connectivity index (χ2n) is 4.85. The largest absolute Gasteiger partial charge is 0.370 e. The Kier molecular flexibility index (Phi) is 3.42. The molecule has 0 N–H and O–H groups in total. The van der Waals surface area contributed by atoms with Crippen molar-refractivity contribution >= 4 is 11.3 Å². The predicted octanol–water partition coefficient (Wildman–Crippen LogP) is 1.05. The monoisotopic (exact) mass is 253 g/mol. The first-order valence-electron chi connectivity index (χ1n) is 6.32. The van der Waals surface area contributed by atoms with Gasteiger partial charge in [-0.1, -0.05) is 6.92 Å². The van der Waals surface area contributed by atoms with E-state index in [-0.39, 0.29) is 0 Å². The van der Waals surface area contributed by atoms with Gasteiger partial charge in [0.2, 0.25) is 0 Å². The van der Waals surface area contributed by atoms with Crippen molar-refractivity contribution in [1.82, 2.24) is 14.8 Å². The van der Waals surface area contributed by atoms with Gasteiger partial charge in [-0.25, -0.2) is 4.98 Å². The summed E-state index contributed by atoms with van der Waals surface area (Å²) in [4.78, 5) is 9.35. The van der Waals surface area contributed by atoms with Crippen molar-refractivity contribution in [2.45, 2.75) is 25.7 Å². The number of morpholine rings is 2. The lowest BCUT2D eigenvalue weighted by atomic mass is 10.1. The third kappa shape index (κ3) is 2.68. The molecule has 2 saturated heterocycles. The number of hydrogen-bond donors (Lipinski definition) is 0. The Hall–Kier alpha value is -0.490. The van der Waals surface area contributed by atoms with Crippen molar-refractivity contribution < 1.29 is 4.74 Å². The fraction of sp³-hybridized carbons (Fsp3) is 0.750. The smallest absolute Gasteiger partial charge is 0.107 e. The molecule has 0 saturated carbocycles. The summed E-state index contributed by atoms with van der Waals surface area (Å²) in [5.74, 6) is 0. The molecule has 17 heavy (non-hydrogen) atoms. The highest BCUT2D eigenvalue weighted by Gasteiger charge is 2.34. The van der Waals surface area contributed by atoms with Crippen molar-refractivity contribution in [2.24, 2.45) is 0 Å². The van der Waals surface area contributed by atoms with Crippen molar-refractivity contribution in [2.75, 3.05) is 32.7 Å². The molecule has 2 aliphatic heterocycles. The summed E-state index contributed by atoms with van der Waals surface area (Å²) in [7, 11) is 0. The Balaban J connectivity index is 1.60. The zero-order chi connectivity index (χ0) is 11.7. The van der Waals surface area contributed by atoms with E-state index < -0.39 is 0 Å². The predicted molar refractivity (Wildman–Crippen MR) is 68.2 cm³/mol. The fourth-order valence-corrected chi connectivity index (χ4v) is 3.43. The van der Waals surface area contributed by atoms with Gasteiger partial charge in [-0.3, -0.25) is 9.80 Å². The van der Waals surface area contributed by atoms with Crippen LogP contribution < -0.4 is 0 Å². The molecule has 2 bridgehead atoms. The van der Waals surface area contributed by atoms with Crippen LogP contribution >= 0.6 is 11.3 Å². The zero-order valence-corrected chi connectivity index (χ0v) is 11.0. The first kappa shape index (κ1) is 11.6. The third-order valence-corrected chi connectivity index (χ3v) is 4.29. The van der Waals surface area contributed by atoms with E-state index in [4.69, 9.17) is 4.74 Å². The van der Waals surface area contributed by atoms with E-state index in [1.165, 1.54) is 5.01 Å². The van der Waals surface area contributed by atoms with Crippen molar-refractivity contribution in [3.05, 3.63) is 16.6 Å². The van der Waals surface area contributed by atoms with E-state index in [0.29, 0.717) is 12.2 Å². The molecule has 3 heterocycles. The topological polar surface area (TPSA) is 28.6 Å². The lowest BCUT2D eigenvalue weighted by Crippen LogP contribution is -2.59. The van der Waals surface area contributed by atoms with E-state index in [9.17, 15) is 0 Å². The summed E-state index contributed by atoms with van der Waals surface area (Å²) < 4.78 is 6.00. The summed E-state index contributed by atoms with van der Waals surface area (Å²) in [6.07, 6.45) is 2.67. The number of nitrogens with zero attached hydrogens (tertiary/aromatic N) is 3. The molecule has 5 heteroatoms. The highest BCUT2D eigenvalue weighted by Crippen LogP contribution is 2.20. The minimum atomic E-state index is 0.391. The Morgan fingerprint density at radius 3 is 2.59 bits per heavy atom. The average Bonchev–Trinajstić information content (AvgIpc) is 2.80. The standard InChI is InChI=1S/C12H19N3OS/c1-2-14-5-10-7-15(8-11(6-14)16-10)9-12-13-3-4-17-12/h3-4,10-11H,2,5-9H2,1H3. The molecule has 0 aromatic carbocycles. The van der Waals surface area contributed by atoms with Crippen molar-refractivity contribution in [1.29, 1.82) is 0 Å². The highest BCUT2D eigenvalue weighted by atomic mass is 32.1. The quantitative estimate of drug-likeness (QED) is 0.805. The Morgan fingerprint density at radius 2 is 2.00 bits per heavy atom. The second-order valence-corrected chi connectivity index (χ2v) is 5.83. The number of ether oxygens (including phenoxy) is 1. The van der Waals surface area contributed by atoms with Crippen LogP contribution in [0.1, 0.15) is 11.9 Å². The molecule has 0 aliphatic carbocycles. The SMILES string of the molecule is CCN1CC2CN(Cc3nccs3)CC(C1)O2. The molecule has 1 aromatic heterocycles. The maximum Gasteiger partial charge on any atom is 0.107 e. The van der Waals surface area contributed by atoms with Gasteiger partial charge in [0.15, 0.2) is 0 Å². The minimum absolute atomic E-state index is 0.391. The van der Waals surface area contributed by atoms with Gasteiger partial charge in [0.25, 0.3) is 0 Å². The van der Waals surface area contributed by atoms with Gasteiger partial charge < -0.3 is 4.74 Å². The fourth-order valence-electron chi connectivity index (χ4n) is 2.77. The number of likely N-dealkylation sites (N-methyl/N-ethyl adjacent to an activating group) is 1. The molecule has 3 rings (SSSR count). The Morgan fingerprint density at radius 1 is 1.29 bits per heavy atom. The molecule has 94 valence electrons. The molecule has 0 spiro atoms. The van der Waals surface area contributed by atoms with Gasteiger partial charge >= 0.3 is 0 Å². The summed E-state index contributed by atoms with van der Waals surface area (Å²) in [6.45, 7) is 8.62. The summed E-state index contributed by atoms with van der Waals surface area (Å²) in [5, 5.41) is 3.27. The van der Waals surface area contributed by atoms with Crippen LogP contribution in [0.5, 0.6) is 0 Å². The molecular formula is C12H19N3OS. The molecule has 2 aliphatic rings. The Bertz CT molecular complexity index is 343. The molecule has 2 unspecified atom stereocenters. The van der Waals surface area contributed by atoms with Crippen LogP contribution in [0.3, 0.4) is 0 Å². The molecule has 2 fully saturated rings. The lowest BCUT2D eigenvalue weighted by molar-refractivity contribution is -0.139. The van der Waals surface area contributed by atoms with Crippen LogP contribution in [0, 0.1) is 0 Å². The van der Waals surface area contributed by atoms with Crippen LogP contribution in [0.4, 0.5) is 0 Å². The second kappa shape index (κ2) is 5.02. The summed E-state index contributed by atoms with van der Waals surface area (Å²) >= 11 is 1.75. The summed E-state index contributed by atoms with van der Waals surface area (Å²) in [5.41, 5.74) is 0. The van der Waals surface area contributed by atoms with Crippen LogP contribution in [0.25, 0.3) is 0 Å². The number of fused-ring (bicyclic) bond motifs is 2. The van der Waals surface area contributed by atoms with Crippen LogP contribution in [-0.2, 0) is 11.3 Å². The Labute approximate surface area is 106 Å². The van der Waals surface area contributed by atoms with Crippen molar-refractivity contribution in [3.8, 4) is 0 Å². The maximum absolute atomic E-state index is 6.00. The molecule has 4 nitrogen and oxygen atoms in total. The highest BCUT2D eigenvalue weighted by molar-refractivity contribution is 7.09. The lowest BCUT2D eigenvalue weighted by Gasteiger charge is -2.45. The number of thiazole rings is 1. The van der Waals surface area contributed by atoms with Crippen LogP contribution in [-0.4, -0.2) is 59.7 Å².